The molecule has 0 atom stereocenters. The zero-order valence-electron chi connectivity index (χ0n) is 11.1. The maximum atomic E-state index is 10.9. The molecule has 0 aliphatic carbocycles. The maximum Gasteiger partial charge on any atom is 0.153 e. The molecule has 2 rings (SSSR count). The van der Waals surface area contributed by atoms with E-state index >= 15 is 0 Å². The first kappa shape index (κ1) is 13.9. The van der Waals surface area contributed by atoms with Gasteiger partial charge in [-0.1, -0.05) is 43.0 Å². The molecule has 0 amide bonds. The van der Waals surface area contributed by atoms with E-state index in [-0.39, 0.29) is 0 Å². The van der Waals surface area contributed by atoms with Crippen LogP contribution in [-0.4, -0.2) is 12.9 Å². The van der Waals surface area contributed by atoms with Gasteiger partial charge in [0.1, 0.15) is 24.7 Å². The summed E-state index contributed by atoms with van der Waals surface area (Å²) >= 11 is 0. The van der Waals surface area contributed by atoms with Crippen LogP contribution in [0.4, 0.5) is 0 Å². The van der Waals surface area contributed by atoms with Gasteiger partial charge in [0.05, 0.1) is 5.56 Å². The molecule has 102 valence electrons. The molecule has 0 radical (unpaired) electrons. The lowest BCUT2D eigenvalue weighted by Crippen LogP contribution is -1.99. The van der Waals surface area contributed by atoms with Crippen molar-refractivity contribution in [1.82, 2.24) is 0 Å². The van der Waals surface area contributed by atoms with Gasteiger partial charge in [-0.25, -0.2) is 0 Å². The van der Waals surface area contributed by atoms with Gasteiger partial charge in [0.2, 0.25) is 0 Å². The van der Waals surface area contributed by atoms with Crippen LogP contribution < -0.4 is 9.47 Å². The van der Waals surface area contributed by atoms with Crippen molar-refractivity contribution in [3.63, 3.8) is 0 Å². The Morgan fingerprint density at radius 2 is 1.85 bits per heavy atom. The number of hydrogen-bond donors (Lipinski definition) is 0. The number of benzene rings is 2. The first-order valence-electron chi connectivity index (χ1n) is 6.33. The van der Waals surface area contributed by atoms with E-state index in [2.05, 4.69) is 6.58 Å². The van der Waals surface area contributed by atoms with Crippen LogP contribution in [0, 0.1) is 0 Å². The monoisotopic (exact) mass is 268 g/mol. The summed E-state index contributed by atoms with van der Waals surface area (Å²) in [6.45, 7) is 4.41. The van der Waals surface area contributed by atoms with Crippen molar-refractivity contribution >= 4 is 6.29 Å². The minimum atomic E-state index is 0.350. The van der Waals surface area contributed by atoms with Crippen LogP contribution in [0.1, 0.15) is 15.9 Å². The summed E-state index contributed by atoms with van der Waals surface area (Å²) in [4.78, 5) is 10.9. The van der Waals surface area contributed by atoms with Crippen molar-refractivity contribution in [2.75, 3.05) is 6.61 Å². The second kappa shape index (κ2) is 7.14. The van der Waals surface area contributed by atoms with E-state index in [1.165, 1.54) is 0 Å². The van der Waals surface area contributed by atoms with Crippen LogP contribution in [-0.2, 0) is 6.61 Å². The van der Waals surface area contributed by atoms with Gasteiger partial charge < -0.3 is 9.47 Å². The molecule has 0 aromatic heterocycles. The molecule has 3 heteroatoms. The fourth-order valence-electron chi connectivity index (χ4n) is 1.72. The molecule has 0 N–H and O–H groups in total. The molecule has 0 fully saturated rings. The van der Waals surface area contributed by atoms with E-state index in [0.29, 0.717) is 30.3 Å². The Balaban J connectivity index is 2.08. The highest BCUT2D eigenvalue weighted by atomic mass is 16.5. The lowest BCUT2D eigenvalue weighted by atomic mass is 10.2. The summed E-state index contributed by atoms with van der Waals surface area (Å²) in [6.07, 6.45) is 2.39. The van der Waals surface area contributed by atoms with Crippen molar-refractivity contribution in [3.8, 4) is 11.5 Å². The van der Waals surface area contributed by atoms with Crippen LogP contribution in [0.2, 0.25) is 0 Å². The molecular weight excluding hydrogens is 252 g/mol. The molecule has 20 heavy (non-hydrogen) atoms. The fourth-order valence-corrected chi connectivity index (χ4v) is 1.72. The average Bonchev–Trinajstić information content (AvgIpc) is 2.52. The van der Waals surface area contributed by atoms with E-state index < -0.39 is 0 Å². The third kappa shape index (κ3) is 3.72. The van der Waals surface area contributed by atoms with Crippen LogP contribution in [0.25, 0.3) is 0 Å². The first-order valence-corrected chi connectivity index (χ1v) is 6.33. The Morgan fingerprint density at radius 3 is 2.55 bits per heavy atom. The van der Waals surface area contributed by atoms with Crippen molar-refractivity contribution in [1.29, 1.82) is 0 Å². The van der Waals surface area contributed by atoms with Crippen LogP contribution in [0.5, 0.6) is 11.5 Å². The molecule has 0 heterocycles. The van der Waals surface area contributed by atoms with Crippen molar-refractivity contribution < 1.29 is 14.3 Å². The smallest absolute Gasteiger partial charge is 0.153 e. The van der Waals surface area contributed by atoms with Gasteiger partial charge in [-0.2, -0.15) is 0 Å². The molecule has 3 nitrogen and oxygen atoms in total. The number of ether oxygens (including phenoxy) is 2. The van der Waals surface area contributed by atoms with Crippen LogP contribution >= 0.6 is 0 Å². The third-order valence-corrected chi connectivity index (χ3v) is 2.72. The second-order valence-corrected chi connectivity index (χ2v) is 4.19. The van der Waals surface area contributed by atoms with E-state index in [1.54, 1.807) is 24.3 Å². The topological polar surface area (TPSA) is 35.5 Å². The van der Waals surface area contributed by atoms with Gasteiger partial charge in [0.15, 0.2) is 6.29 Å². The normalized spacial score (nSPS) is 9.80. The number of hydrogen-bond acceptors (Lipinski definition) is 3. The summed E-state index contributed by atoms with van der Waals surface area (Å²) < 4.78 is 11.1. The Bertz CT molecular complexity index is 576. The largest absolute Gasteiger partial charge is 0.489 e. The molecule has 0 bridgehead atoms. The van der Waals surface area contributed by atoms with Crippen molar-refractivity contribution in [3.05, 3.63) is 72.3 Å². The van der Waals surface area contributed by atoms with Crippen molar-refractivity contribution in [2.24, 2.45) is 0 Å². The Morgan fingerprint density at radius 1 is 1.05 bits per heavy atom. The Labute approximate surface area is 118 Å². The minimum Gasteiger partial charge on any atom is -0.489 e. The van der Waals surface area contributed by atoms with Crippen LogP contribution in [0.3, 0.4) is 0 Å². The third-order valence-electron chi connectivity index (χ3n) is 2.72. The number of aldehydes is 1. The zero-order chi connectivity index (χ0) is 14.2. The summed E-state index contributed by atoms with van der Waals surface area (Å²) in [5.41, 5.74) is 1.58. The summed E-state index contributed by atoms with van der Waals surface area (Å²) in [5, 5.41) is 0. The lowest BCUT2D eigenvalue weighted by Gasteiger charge is -2.10. The summed E-state index contributed by atoms with van der Waals surface area (Å²) in [7, 11) is 0. The second-order valence-electron chi connectivity index (χ2n) is 4.19. The Hall–Kier alpha value is -2.55. The predicted molar refractivity (Wildman–Crippen MR) is 78.3 cm³/mol. The first-order chi connectivity index (χ1) is 9.83. The molecule has 0 aliphatic rings. The van der Waals surface area contributed by atoms with Gasteiger partial charge in [-0.05, 0) is 17.7 Å². The van der Waals surface area contributed by atoms with Gasteiger partial charge >= 0.3 is 0 Å². The van der Waals surface area contributed by atoms with Gasteiger partial charge in [0.25, 0.3) is 0 Å². The van der Waals surface area contributed by atoms with E-state index in [4.69, 9.17) is 9.47 Å². The van der Waals surface area contributed by atoms with Gasteiger partial charge in [0, 0.05) is 6.07 Å². The predicted octanol–water partition coefficient (Wildman–Crippen LogP) is 3.64. The molecular formula is C17H16O3. The number of carbonyl (C=O) groups is 1. The molecule has 0 spiro atoms. The average molecular weight is 268 g/mol. The molecule has 0 aliphatic heterocycles. The van der Waals surface area contributed by atoms with Gasteiger partial charge in [-0.15, -0.1) is 0 Å². The zero-order valence-corrected chi connectivity index (χ0v) is 11.1. The number of carbonyl (C=O) groups excluding carboxylic acids is 1. The standard InChI is InChI=1S/C17H16O3/c1-2-10-19-17-11-16(9-8-15(17)12-18)20-13-14-6-4-3-5-7-14/h2-9,11-12H,1,10,13H2. The molecule has 0 saturated heterocycles. The van der Waals surface area contributed by atoms with E-state index in [1.807, 2.05) is 30.3 Å². The molecule has 2 aromatic rings. The minimum absolute atomic E-state index is 0.350. The quantitative estimate of drug-likeness (QED) is 0.568. The maximum absolute atomic E-state index is 10.9. The van der Waals surface area contributed by atoms with Crippen LogP contribution in [0.15, 0.2) is 61.2 Å². The van der Waals surface area contributed by atoms with E-state index in [0.717, 1.165) is 11.8 Å². The number of rotatable bonds is 7. The lowest BCUT2D eigenvalue weighted by molar-refractivity contribution is 0.112. The fraction of sp³-hybridized carbons (Fsp3) is 0.118. The Kier molecular flexibility index (Phi) is 4.95. The van der Waals surface area contributed by atoms with Crippen molar-refractivity contribution in [2.45, 2.75) is 6.61 Å². The molecule has 0 unspecified atom stereocenters. The summed E-state index contributed by atoms with van der Waals surface area (Å²) in [5.74, 6) is 1.17. The highest BCUT2D eigenvalue weighted by molar-refractivity contribution is 5.79. The van der Waals surface area contributed by atoms with E-state index in [9.17, 15) is 4.79 Å². The van der Waals surface area contributed by atoms with Gasteiger partial charge in [-0.3, -0.25) is 4.79 Å². The highest BCUT2D eigenvalue weighted by Crippen LogP contribution is 2.24. The molecule has 0 saturated carbocycles. The molecule has 2 aromatic carbocycles. The summed E-state index contributed by atoms with van der Waals surface area (Å²) in [6, 6.07) is 15.0. The SMILES string of the molecule is C=CCOc1cc(OCc2ccccc2)ccc1C=O. The highest BCUT2D eigenvalue weighted by Gasteiger charge is 2.05.